The van der Waals surface area contributed by atoms with Crippen molar-refractivity contribution < 1.29 is 13.5 Å². The average Bonchev–Trinajstić information content (AvgIpc) is 2.98. The van der Waals surface area contributed by atoms with E-state index < -0.39 is 11.6 Å². The summed E-state index contributed by atoms with van der Waals surface area (Å²) in [5, 5.41) is 7.69. The van der Waals surface area contributed by atoms with Gasteiger partial charge in [0.1, 0.15) is 18.2 Å². The van der Waals surface area contributed by atoms with Crippen LogP contribution in [0.15, 0.2) is 24.3 Å². The van der Waals surface area contributed by atoms with E-state index in [2.05, 4.69) is 10.4 Å². The Morgan fingerprint density at radius 3 is 2.76 bits per heavy atom. The van der Waals surface area contributed by atoms with Crippen molar-refractivity contribution >= 4 is 0 Å². The summed E-state index contributed by atoms with van der Waals surface area (Å²) < 4.78 is 34.8. The first-order valence-electron chi connectivity index (χ1n) is 8.93. The van der Waals surface area contributed by atoms with Gasteiger partial charge in [0.25, 0.3) is 0 Å². The molecule has 25 heavy (non-hydrogen) atoms. The molecule has 0 atom stereocenters. The van der Waals surface area contributed by atoms with Gasteiger partial charge in [-0.1, -0.05) is 19.3 Å². The quantitative estimate of drug-likeness (QED) is 0.820. The molecule has 6 heteroatoms. The van der Waals surface area contributed by atoms with Crippen molar-refractivity contribution in [1.29, 1.82) is 0 Å². The zero-order chi connectivity index (χ0) is 17.6. The van der Waals surface area contributed by atoms with Crippen LogP contribution in [0.3, 0.4) is 0 Å². The van der Waals surface area contributed by atoms with Gasteiger partial charge in [-0.15, -0.1) is 0 Å². The second-order valence-electron chi connectivity index (χ2n) is 6.71. The Balaban J connectivity index is 1.72. The molecule has 1 aromatic heterocycles. The van der Waals surface area contributed by atoms with E-state index in [4.69, 9.17) is 4.74 Å². The Hall–Kier alpha value is -1.95. The molecule has 0 bridgehead atoms. The lowest BCUT2D eigenvalue weighted by molar-refractivity contribution is 0.242. The fraction of sp³-hybridized carbons (Fsp3) is 0.526. The number of hydrogen-bond donors (Lipinski definition) is 1. The van der Waals surface area contributed by atoms with Crippen molar-refractivity contribution in [3.05, 3.63) is 47.2 Å². The number of nitrogens with one attached hydrogen (secondary N) is 1. The highest BCUT2D eigenvalue weighted by Gasteiger charge is 2.18. The molecule has 1 aromatic carbocycles. The first-order chi connectivity index (χ1) is 12.2. The van der Waals surface area contributed by atoms with Crippen LogP contribution < -0.4 is 10.1 Å². The molecule has 1 fully saturated rings. The van der Waals surface area contributed by atoms with E-state index in [0.29, 0.717) is 18.3 Å². The molecule has 4 nitrogen and oxygen atoms in total. The van der Waals surface area contributed by atoms with Crippen LogP contribution in [0.4, 0.5) is 8.78 Å². The lowest BCUT2D eigenvalue weighted by atomic mass is 9.89. The Morgan fingerprint density at radius 2 is 2.00 bits per heavy atom. The van der Waals surface area contributed by atoms with Crippen LogP contribution in [-0.2, 0) is 19.7 Å². The molecular weight excluding hydrogens is 324 g/mol. The fourth-order valence-electron chi connectivity index (χ4n) is 3.38. The van der Waals surface area contributed by atoms with E-state index in [1.54, 1.807) is 0 Å². The molecule has 2 aromatic rings. The zero-order valence-electron chi connectivity index (χ0n) is 14.6. The monoisotopic (exact) mass is 349 g/mol. The first kappa shape index (κ1) is 17.9. The van der Waals surface area contributed by atoms with E-state index in [1.165, 1.54) is 38.2 Å². The fourth-order valence-corrected chi connectivity index (χ4v) is 3.38. The zero-order valence-corrected chi connectivity index (χ0v) is 14.6. The second kappa shape index (κ2) is 8.43. The first-order valence-corrected chi connectivity index (χ1v) is 8.93. The van der Waals surface area contributed by atoms with E-state index in [0.717, 1.165) is 24.4 Å². The number of ether oxygens (including phenoxy) is 1. The molecule has 1 aliphatic carbocycles. The lowest BCUT2D eigenvalue weighted by Gasteiger charge is -2.22. The van der Waals surface area contributed by atoms with Gasteiger partial charge >= 0.3 is 0 Å². The van der Waals surface area contributed by atoms with Crippen LogP contribution >= 0.6 is 0 Å². The maximum atomic E-state index is 13.8. The van der Waals surface area contributed by atoms with Gasteiger partial charge in [-0.2, -0.15) is 5.10 Å². The van der Waals surface area contributed by atoms with Crippen molar-refractivity contribution in [2.75, 3.05) is 7.05 Å². The standard InChI is InChI=1S/C19H25F2N3O/c1-22-11-17-10-19(24(23-17)12-14-5-3-2-4-6-14)25-13-15-9-16(20)7-8-18(15)21/h7-10,14,22H,2-6,11-13H2,1H3. The minimum atomic E-state index is -0.466. The predicted octanol–water partition coefficient (Wildman–Crippen LogP) is 4.04. The molecular formula is C19H25F2N3O. The smallest absolute Gasteiger partial charge is 0.212 e. The number of aromatic nitrogens is 2. The maximum Gasteiger partial charge on any atom is 0.212 e. The van der Waals surface area contributed by atoms with E-state index >= 15 is 0 Å². The van der Waals surface area contributed by atoms with Crippen LogP contribution in [0.2, 0.25) is 0 Å². The molecule has 0 saturated heterocycles. The Morgan fingerprint density at radius 1 is 1.20 bits per heavy atom. The van der Waals surface area contributed by atoms with Gasteiger partial charge in [0, 0.05) is 24.7 Å². The number of halogens is 2. The summed E-state index contributed by atoms with van der Waals surface area (Å²) in [4.78, 5) is 0. The third-order valence-electron chi connectivity index (χ3n) is 4.69. The van der Waals surface area contributed by atoms with Gasteiger partial charge in [-0.25, -0.2) is 13.5 Å². The third kappa shape index (κ3) is 4.78. The molecule has 1 N–H and O–H groups in total. The number of benzene rings is 1. The Bertz CT molecular complexity index is 696. The molecule has 1 aliphatic rings. The van der Waals surface area contributed by atoms with E-state index in [-0.39, 0.29) is 12.2 Å². The van der Waals surface area contributed by atoms with Gasteiger partial charge in [0.15, 0.2) is 0 Å². The number of rotatable bonds is 7. The summed E-state index contributed by atoms with van der Waals surface area (Å²) in [7, 11) is 1.86. The summed E-state index contributed by atoms with van der Waals surface area (Å²) in [6.45, 7) is 1.44. The van der Waals surface area contributed by atoms with E-state index in [9.17, 15) is 8.78 Å². The molecule has 3 rings (SSSR count). The Labute approximate surface area is 147 Å². The summed E-state index contributed by atoms with van der Waals surface area (Å²) in [5.41, 5.74) is 1.09. The van der Waals surface area contributed by atoms with Gasteiger partial charge in [-0.05, 0) is 44.0 Å². The summed E-state index contributed by atoms with van der Waals surface area (Å²) in [5.74, 6) is 0.283. The molecule has 0 unspecified atom stereocenters. The number of nitrogens with zero attached hydrogens (tertiary/aromatic N) is 2. The van der Waals surface area contributed by atoms with Crippen molar-refractivity contribution in [1.82, 2.24) is 15.1 Å². The van der Waals surface area contributed by atoms with Crippen molar-refractivity contribution in [2.24, 2.45) is 5.92 Å². The van der Waals surface area contributed by atoms with Gasteiger partial charge < -0.3 is 10.1 Å². The summed E-state index contributed by atoms with van der Waals surface area (Å²) in [6.07, 6.45) is 6.25. The van der Waals surface area contributed by atoms with Gasteiger partial charge in [0.2, 0.25) is 5.88 Å². The maximum absolute atomic E-state index is 13.8. The molecule has 136 valence electrons. The summed E-state index contributed by atoms with van der Waals surface area (Å²) >= 11 is 0. The lowest BCUT2D eigenvalue weighted by Crippen LogP contribution is -2.16. The average molecular weight is 349 g/mol. The van der Waals surface area contributed by atoms with Gasteiger partial charge in [-0.3, -0.25) is 0 Å². The third-order valence-corrected chi connectivity index (χ3v) is 4.69. The number of hydrogen-bond acceptors (Lipinski definition) is 3. The molecule has 0 radical (unpaired) electrons. The molecule has 0 spiro atoms. The molecule has 1 heterocycles. The highest BCUT2D eigenvalue weighted by atomic mass is 19.1. The Kier molecular flexibility index (Phi) is 6.02. The van der Waals surface area contributed by atoms with Crippen LogP contribution in [0.25, 0.3) is 0 Å². The van der Waals surface area contributed by atoms with Gasteiger partial charge in [0.05, 0.1) is 5.69 Å². The van der Waals surface area contributed by atoms with Crippen LogP contribution in [0.5, 0.6) is 5.88 Å². The topological polar surface area (TPSA) is 39.1 Å². The van der Waals surface area contributed by atoms with Crippen molar-refractivity contribution in [3.8, 4) is 5.88 Å². The minimum absolute atomic E-state index is 0.0149. The highest BCUT2D eigenvalue weighted by molar-refractivity contribution is 5.20. The normalized spacial score (nSPS) is 15.5. The summed E-state index contributed by atoms with van der Waals surface area (Å²) in [6, 6.07) is 5.28. The van der Waals surface area contributed by atoms with Crippen LogP contribution in [-0.4, -0.2) is 16.8 Å². The van der Waals surface area contributed by atoms with E-state index in [1.807, 2.05) is 17.8 Å². The van der Waals surface area contributed by atoms with Crippen molar-refractivity contribution in [3.63, 3.8) is 0 Å². The van der Waals surface area contributed by atoms with Crippen LogP contribution in [0.1, 0.15) is 43.4 Å². The molecule has 0 amide bonds. The van der Waals surface area contributed by atoms with Crippen LogP contribution in [0, 0.1) is 17.6 Å². The molecule has 1 saturated carbocycles. The molecule has 0 aliphatic heterocycles. The SMILES string of the molecule is CNCc1cc(OCc2cc(F)ccc2F)n(CC2CCCCC2)n1. The minimum Gasteiger partial charge on any atom is -0.473 e. The van der Waals surface area contributed by atoms with Crippen molar-refractivity contribution in [2.45, 2.75) is 51.8 Å². The highest BCUT2D eigenvalue weighted by Crippen LogP contribution is 2.27. The second-order valence-corrected chi connectivity index (χ2v) is 6.71. The predicted molar refractivity (Wildman–Crippen MR) is 92.3 cm³/mol. The largest absolute Gasteiger partial charge is 0.473 e.